The van der Waals surface area contributed by atoms with Crippen LogP contribution in [0.5, 0.6) is 0 Å². The molecule has 112 valence electrons. The van der Waals surface area contributed by atoms with Crippen LogP contribution in [-0.2, 0) is 11.2 Å². The molecule has 5 heteroatoms. The molecule has 0 radical (unpaired) electrons. The smallest absolute Gasteiger partial charge is 0.224 e. The van der Waals surface area contributed by atoms with Crippen molar-refractivity contribution in [1.29, 1.82) is 5.26 Å². The topological polar surface area (TPSA) is 59.4 Å². The maximum absolute atomic E-state index is 12.0. The van der Waals surface area contributed by atoms with Gasteiger partial charge in [0.15, 0.2) is 0 Å². The van der Waals surface area contributed by atoms with Crippen LogP contribution in [0.25, 0.3) is 0 Å². The highest BCUT2D eigenvalue weighted by Crippen LogP contribution is 2.06. The van der Waals surface area contributed by atoms with Crippen LogP contribution in [-0.4, -0.2) is 62.0 Å². The fourth-order valence-electron chi connectivity index (χ4n) is 2.50. The van der Waals surface area contributed by atoms with E-state index in [1.807, 2.05) is 12.1 Å². The molecule has 2 rings (SSSR count). The van der Waals surface area contributed by atoms with Crippen molar-refractivity contribution in [3.05, 3.63) is 35.4 Å². The Morgan fingerprint density at radius 3 is 2.71 bits per heavy atom. The van der Waals surface area contributed by atoms with Gasteiger partial charge in [0.1, 0.15) is 0 Å². The average Bonchev–Trinajstić information content (AvgIpc) is 2.49. The van der Waals surface area contributed by atoms with Crippen molar-refractivity contribution >= 4 is 5.91 Å². The summed E-state index contributed by atoms with van der Waals surface area (Å²) in [6, 6.07) is 9.59. The van der Waals surface area contributed by atoms with Crippen molar-refractivity contribution in [1.82, 2.24) is 15.1 Å². The average molecular weight is 286 g/mol. The van der Waals surface area contributed by atoms with Gasteiger partial charge in [-0.3, -0.25) is 9.69 Å². The summed E-state index contributed by atoms with van der Waals surface area (Å²) in [6.45, 7) is 3.77. The van der Waals surface area contributed by atoms with Crippen LogP contribution in [0.3, 0.4) is 0 Å². The van der Waals surface area contributed by atoms with Crippen molar-refractivity contribution in [2.75, 3.05) is 40.3 Å². The van der Waals surface area contributed by atoms with Crippen LogP contribution in [0.2, 0.25) is 0 Å². The quantitative estimate of drug-likeness (QED) is 0.874. The lowest BCUT2D eigenvalue weighted by Crippen LogP contribution is -2.54. The number of hydrogen-bond donors (Lipinski definition) is 1. The Hall–Kier alpha value is -1.90. The van der Waals surface area contributed by atoms with Crippen molar-refractivity contribution in [3.63, 3.8) is 0 Å². The number of likely N-dealkylation sites (N-methyl/N-ethyl adjacent to an activating group) is 2. The molecule has 0 aliphatic carbocycles. The standard InChI is InChI=1S/C16H22N4O/c1-19-7-8-20(2)15(12-19)11-18-16(21)9-13-3-5-14(10-17)6-4-13/h3-6,15H,7-9,11-12H2,1-2H3,(H,18,21). The number of amides is 1. The molecule has 1 aliphatic heterocycles. The van der Waals surface area contributed by atoms with Crippen LogP contribution < -0.4 is 5.32 Å². The molecule has 1 heterocycles. The number of nitriles is 1. The molecule has 1 N–H and O–H groups in total. The van der Waals surface area contributed by atoms with Gasteiger partial charge in [-0.05, 0) is 31.8 Å². The molecule has 1 aromatic carbocycles. The summed E-state index contributed by atoms with van der Waals surface area (Å²) in [7, 11) is 4.21. The van der Waals surface area contributed by atoms with Gasteiger partial charge in [-0.2, -0.15) is 5.26 Å². The minimum absolute atomic E-state index is 0.0290. The molecule has 0 bridgehead atoms. The highest BCUT2D eigenvalue weighted by atomic mass is 16.1. The number of piperazine rings is 1. The van der Waals surface area contributed by atoms with Crippen LogP contribution in [0, 0.1) is 11.3 Å². The summed E-state index contributed by atoms with van der Waals surface area (Å²) >= 11 is 0. The predicted octanol–water partition coefficient (Wildman–Crippen LogP) is 0.463. The minimum Gasteiger partial charge on any atom is -0.354 e. The molecular formula is C16H22N4O. The molecule has 0 aromatic heterocycles. The third-order valence-corrected chi connectivity index (χ3v) is 3.96. The van der Waals surface area contributed by atoms with E-state index in [9.17, 15) is 4.79 Å². The Bertz CT molecular complexity index is 520. The third-order valence-electron chi connectivity index (χ3n) is 3.96. The molecule has 1 aliphatic rings. The number of nitrogens with one attached hydrogen (secondary N) is 1. The van der Waals surface area contributed by atoms with Crippen molar-refractivity contribution in [2.45, 2.75) is 12.5 Å². The van der Waals surface area contributed by atoms with E-state index in [0.717, 1.165) is 25.2 Å². The molecule has 0 saturated carbocycles. The maximum atomic E-state index is 12.0. The monoisotopic (exact) mass is 286 g/mol. The van der Waals surface area contributed by atoms with E-state index in [2.05, 4.69) is 35.3 Å². The molecule has 1 amide bonds. The maximum Gasteiger partial charge on any atom is 0.224 e. The van der Waals surface area contributed by atoms with Crippen molar-refractivity contribution in [2.24, 2.45) is 0 Å². The van der Waals surface area contributed by atoms with Gasteiger partial charge >= 0.3 is 0 Å². The Labute approximate surface area is 126 Å². The zero-order chi connectivity index (χ0) is 15.2. The normalized spacial score (nSPS) is 20.0. The fourth-order valence-corrected chi connectivity index (χ4v) is 2.50. The van der Waals surface area contributed by atoms with Gasteiger partial charge in [0.05, 0.1) is 18.1 Å². The second kappa shape index (κ2) is 7.21. The first-order valence-electron chi connectivity index (χ1n) is 7.23. The van der Waals surface area contributed by atoms with Gasteiger partial charge in [-0.1, -0.05) is 12.1 Å². The summed E-state index contributed by atoms with van der Waals surface area (Å²) in [5, 5.41) is 11.8. The van der Waals surface area contributed by atoms with Gasteiger partial charge < -0.3 is 10.2 Å². The molecule has 21 heavy (non-hydrogen) atoms. The lowest BCUT2D eigenvalue weighted by molar-refractivity contribution is -0.120. The van der Waals surface area contributed by atoms with E-state index >= 15 is 0 Å². The van der Waals surface area contributed by atoms with Crippen LogP contribution >= 0.6 is 0 Å². The van der Waals surface area contributed by atoms with Crippen molar-refractivity contribution in [3.8, 4) is 6.07 Å². The summed E-state index contributed by atoms with van der Waals surface area (Å²) in [4.78, 5) is 16.6. The molecule has 1 unspecified atom stereocenters. The summed E-state index contributed by atoms with van der Waals surface area (Å²) in [5.74, 6) is 0.0290. The number of nitrogens with zero attached hydrogens (tertiary/aromatic N) is 3. The minimum atomic E-state index is 0.0290. The lowest BCUT2D eigenvalue weighted by Gasteiger charge is -2.37. The molecule has 1 fully saturated rings. The van der Waals surface area contributed by atoms with E-state index in [1.165, 1.54) is 0 Å². The largest absolute Gasteiger partial charge is 0.354 e. The lowest BCUT2D eigenvalue weighted by atomic mass is 10.1. The number of carbonyl (C=O) groups excluding carboxylic acids is 1. The van der Waals surface area contributed by atoms with E-state index < -0.39 is 0 Å². The van der Waals surface area contributed by atoms with Gasteiger partial charge in [-0.25, -0.2) is 0 Å². The SMILES string of the molecule is CN1CCN(C)C(CNC(=O)Cc2ccc(C#N)cc2)C1. The molecule has 0 spiro atoms. The fraction of sp³-hybridized carbons (Fsp3) is 0.500. The molecule has 5 nitrogen and oxygen atoms in total. The Morgan fingerprint density at radius 1 is 1.33 bits per heavy atom. The predicted molar refractivity (Wildman–Crippen MR) is 81.8 cm³/mol. The Morgan fingerprint density at radius 2 is 2.05 bits per heavy atom. The zero-order valence-electron chi connectivity index (χ0n) is 12.7. The van der Waals surface area contributed by atoms with Crippen LogP contribution in [0.1, 0.15) is 11.1 Å². The molecule has 1 atom stereocenters. The van der Waals surface area contributed by atoms with Crippen molar-refractivity contribution < 1.29 is 4.79 Å². The van der Waals surface area contributed by atoms with Gasteiger partial charge in [0.25, 0.3) is 0 Å². The first kappa shape index (κ1) is 15.5. The molecule has 1 aromatic rings. The molecule has 1 saturated heterocycles. The first-order valence-corrected chi connectivity index (χ1v) is 7.23. The van der Waals surface area contributed by atoms with E-state index in [0.29, 0.717) is 24.6 Å². The van der Waals surface area contributed by atoms with E-state index in [4.69, 9.17) is 5.26 Å². The van der Waals surface area contributed by atoms with Crippen LogP contribution in [0.15, 0.2) is 24.3 Å². The first-order chi connectivity index (χ1) is 10.1. The highest BCUT2D eigenvalue weighted by molar-refractivity contribution is 5.78. The van der Waals surface area contributed by atoms with Gasteiger partial charge in [0, 0.05) is 32.2 Å². The number of benzene rings is 1. The van der Waals surface area contributed by atoms with E-state index in [1.54, 1.807) is 12.1 Å². The van der Waals surface area contributed by atoms with Crippen LogP contribution in [0.4, 0.5) is 0 Å². The van der Waals surface area contributed by atoms with Gasteiger partial charge in [0.2, 0.25) is 5.91 Å². The highest BCUT2D eigenvalue weighted by Gasteiger charge is 2.22. The van der Waals surface area contributed by atoms with Gasteiger partial charge in [-0.15, -0.1) is 0 Å². The third kappa shape index (κ3) is 4.55. The summed E-state index contributed by atoms with van der Waals surface area (Å²) < 4.78 is 0. The second-order valence-corrected chi connectivity index (χ2v) is 5.69. The molecular weight excluding hydrogens is 264 g/mol. The second-order valence-electron chi connectivity index (χ2n) is 5.69. The summed E-state index contributed by atoms with van der Waals surface area (Å²) in [6.07, 6.45) is 0.359. The summed E-state index contributed by atoms with van der Waals surface area (Å²) in [5.41, 5.74) is 1.55. The zero-order valence-corrected chi connectivity index (χ0v) is 12.7. The van der Waals surface area contributed by atoms with E-state index in [-0.39, 0.29) is 5.91 Å². The Balaban J connectivity index is 1.80. The number of rotatable bonds is 4. The number of hydrogen-bond acceptors (Lipinski definition) is 4. The Kier molecular flexibility index (Phi) is 5.32. The number of carbonyl (C=O) groups is 1.